The molecule has 1 atom stereocenters. The van der Waals surface area contributed by atoms with E-state index in [9.17, 15) is 5.11 Å². The quantitative estimate of drug-likeness (QED) is 0.472. The molecule has 0 radical (unpaired) electrons. The van der Waals surface area contributed by atoms with Crippen molar-refractivity contribution in [3.8, 4) is 11.4 Å². The summed E-state index contributed by atoms with van der Waals surface area (Å²) in [5.74, 6) is 0.377. The summed E-state index contributed by atoms with van der Waals surface area (Å²) in [4.78, 5) is 1.53. The van der Waals surface area contributed by atoms with Gasteiger partial charge in [0.15, 0.2) is 0 Å². The minimum atomic E-state index is 0.134. The van der Waals surface area contributed by atoms with Crippen molar-refractivity contribution in [1.29, 1.82) is 0 Å². The Bertz CT molecular complexity index is 849. The summed E-state index contributed by atoms with van der Waals surface area (Å²) < 4.78 is 0. The molecule has 1 heterocycles. The molecule has 4 nitrogen and oxygen atoms in total. The molecule has 0 bridgehead atoms. The molecule has 130 valence electrons. The fourth-order valence-corrected chi connectivity index (χ4v) is 3.20. The molecular weight excluding hydrogens is 310 g/mol. The summed E-state index contributed by atoms with van der Waals surface area (Å²) >= 11 is 0. The molecule has 1 N–H and O–H groups in total. The third kappa shape index (κ3) is 3.58. The highest BCUT2D eigenvalue weighted by Gasteiger charge is 2.18. The Hall–Kier alpha value is -2.62. The van der Waals surface area contributed by atoms with Crippen LogP contribution in [0.15, 0.2) is 49.1 Å². The van der Waals surface area contributed by atoms with Crippen LogP contribution in [0.3, 0.4) is 0 Å². The monoisotopic (exact) mass is 335 g/mol. The van der Waals surface area contributed by atoms with Crippen LogP contribution in [0, 0.1) is 6.92 Å². The van der Waals surface area contributed by atoms with Crippen LogP contribution in [0.25, 0.3) is 16.7 Å². The van der Waals surface area contributed by atoms with Crippen LogP contribution < -0.4 is 0 Å². The van der Waals surface area contributed by atoms with Gasteiger partial charge in [-0.1, -0.05) is 50.5 Å². The molecule has 2 aromatic carbocycles. The summed E-state index contributed by atoms with van der Waals surface area (Å²) in [6.07, 6.45) is 6.41. The number of aromatic nitrogens is 3. The molecule has 0 saturated carbocycles. The van der Waals surface area contributed by atoms with Crippen molar-refractivity contribution < 1.29 is 5.11 Å². The normalized spacial score (nSPS) is 12.4. The Kier molecular flexibility index (Phi) is 5.17. The van der Waals surface area contributed by atoms with Crippen molar-refractivity contribution in [1.82, 2.24) is 15.0 Å². The molecular formula is C21H25N3O. The second kappa shape index (κ2) is 7.51. The Morgan fingerprint density at radius 2 is 1.84 bits per heavy atom. The first-order valence-corrected chi connectivity index (χ1v) is 8.92. The van der Waals surface area contributed by atoms with Crippen molar-refractivity contribution in [2.24, 2.45) is 0 Å². The van der Waals surface area contributed by atoms with Gasteiger partial charge in [-0.05, 0) is 37.1 Å². The van der Waals surface area contributed by atoms with E-state index >= 15 is 0 Å². The van der Waals surface area contributed by atoms with Crippen molar-refractivity contribution in [2.45, 2.75) is 45.4 Å². The van der Waals surface area contributed by atoms with Gasteiger partial charge in [-0.25, -0.2) is 0 Å². The van der Waals surface area contributed by atoms with E-state index in [4.69, 9.17) is 0 Å². The molecule has 4 heteroatoms. The zero-order valence-electron chi connectivity index (χ0n) is 14.9. The molecule has 3 rings (SSSR count). The number of phenolic OH excluding ortho intramolecular Hbond substituents is 1. The first kappa shape index (κ1) is 17.2. The highest BCUT2D eigenvalue weighted by molar-refractivity contribution is 5.73. The first-order valence-electron chi connectivity index (χ1n) is 8.92. The second-order valence-corrected chi connectivity index (χ2v) is 6.54. The average molecular weight is 335 g/mol. The molecule has 25 heavy (non-hydrogen) atoms. The zero-order chi connectivity index (χ0) is 17.8. The molecule has 1 unspecified atom stereocenters. The van der Waals surface area contributed by atoms with Crippen LogP contribution in [-0.4, -0.2) is 20.1 Å². The molecule has 0 aliphatic heterocycles. The number of phenols is 1. The molecule has 0 amide bonds. The van der Waals surface area contributed by atoms with Gasteiger partial charge in [-0.15, -0.1) is 21.6 Å². The van der Waals surface area contributed by atoms with Gasteiger partial charge in [0, 0.05) is 11.5 Å². The molecule has 0 aliphatic rings. The Morgan fingerprint density at radius 1 is 1.16 bits per heavy atom. The van der Waals surface area contributed by atoms with Gasteiger partial charge in [0.25, 0.3) is 0 Å². The minimum Gasteiger partial charge on any atom is -0.505 e. The lowest BCUT2D eigenvalue weighted by molar-refractivity contribution is 0.455. The fourth-order valence-electron chi connectivity index (χ4n) is 3.20. The molecule has 3 aromatic rings. The maximum absolute atomic E-state index is 10.9. The summed E-state index contributed by atoms with van der Waals surface area (Å²) in [6.45, 7) is 8.20. The van der Waals surface area contributed by atoms with Gasteiger partial charge in [0.2, 0.25) is 0 Å². The van der Waals surface area contributed by atoms with E-state index in [0.717, 1.165) is 35.0 Å². The number of nitrogens with zero attached hydrogens (tertiary/aromatic N) is 3. The summed E-state index contributed by atoms with van der Waals surface area (Å²) in [6, 6.07) is 11.7. The third-order valence-electron chi connectivity index (χ3n) is 4.57. The minimum absolute atomic E-state index is 0.134. The highest BCUT2D eigenvalue weighted by Crippen LogP contribution is 2.36. The summed E-state index contributed by atoms with van der Waals surface area (Å²) in [5, 5.41) is 19.9. The van der Waals surface area contributed by atoms with Crippen LogP contribution in [0.5, 0.6) is 5.75 Å². The summed E-state index contributed by atoms with van der Waals surface area (Å²) in [5.41, 5.74) is 4.23. The Balaban J connectivity index is 2.03. The average Bonchev–Trinajstić information content (AvgIpc) is 3.04. The Labute approximate surface area is 148 Å². The topological polar surface area (TPSA) is 50.9 Å². The predicted octanol–water partition coefficient (Wildman–Crippen LogP) is 5.28. The number of rotatable bonds is 7. The second-order valence-electron chi connectivity index (χ2n) is 6.54. The first-order chi connectivity index (χ1) is 12.1. The molecule has 0 fully saturated rings. The molecule has 0 spiro atoms. The van der Waals surface area contributed by atoms with E-state index in [0.29, 0.717) is 5.69 Å². The van der Waals surface area contributed by atoms with Crippen LogP contribution in [0.1, 0.15) is 49.7 Å². The van der Waals surface area contributed by atoms with Crippen molar-refractivity contribution in [3.05, 3.63) is 60.2 Å². The number of unbranched alkanes of at least 4 members (excludes halogenated alkanes) is 2. The number of aryl methyl sites for hydroxylation is 1. The summed E-state index contributed by atoms with van der Waals surface area (Å²) in [7, 11) is 0. The predicted molar refractivity (Wildman–Crippen MR) is 102 cm³/mol. The van der Waals surface area contributed by atoms with Gasteiger partial charge in [0.05, 0.1) is 0 Å². The van der Waals surface area contributed by atoms with E-state index in [1.807, 2.05) is 49.4 Å². The number of allylic oxidation sites excluding steroid dienone is 1. The van der Waals surface area contributed by atoms with Crippen molar-refractivity contribution in [2.75, 3.05) is 0 Å². The van der Waals surface area contributed by atoms with Crippen molar-refractivity contribution in [3.63, 3.8) is 0 Å². The fraction of sp³-hybridized carbons (Fsp3) is 0.333. The van der Waals surface area contributed by atoms with E-state index in [1.165, 1.54) is 17.6 Å². The van der Waals surface area contributed by atoms with E-state index < -0.39 is 0 Å². The van der Waals surface area contributed by atoms with Crippen LogP contribution >= 0.6 is 0 Å². The van der Waals surface area contributed by atoms with Crippen LogP contribution in [0.4, 0.5) is 0 Å². The molecule has 1 aromatic heterocycles. The number of benzene rings is 2. The maximum atomic E-state index is 10.9. The van der Waals surface area contributed by atoms with E-state index in [1.54, 1.807) is 0 Å². The van der Waals surface area contributed by atoms with Gasteiger partial charge in [0.1, 0.15) is 22.5 Å². The van der Waals surface area contributed by atoms with Crippen molar-refractivity contribution >= 4 is 11.0 Å². The maximum Gasteiger partial charge on any atom is 0.146 e. The van der Waals surface area contributed by atoms with Gasteiger partial charge in [-0.3, -0.25) is 0 Å². The number of fused-ring (bicyclic) bond motifs is 1. The Morgan fingerprint density at radius 3 is 2.44 bits per heavy atom. The zero-order valence-corrected chi connectivity index (χ0v) is 14.9. The van der Waals surface area contributed by atoms with Crippen LogP contribution in [-0.2, 0) is 0 Å². The lowest BCUT2D eigenvalue weighted by Crippen LogP contribution is -2.04. The number of hydrogen-bond acceptors (Lipinski definition) is 3. The standard InChI is InChI=1S/C21H25N3O/c1-4-6-7-10-16(5-2)17-13-15(3)14-20(21(17)25)24-22-18-11-8-9-12-19(18)23-24/h5,8-9,11-14,16,25H,2,4,6-7,10H2,1,3H3. The molecule has 0 saturated heterocycles. The highest BCUT2D eigenvalue weighted by atomic mass is 16.3. The SMILES string of the molecule is C=CC(CCCCC)c1cc(C)cc(-n2nc3ccccc3n2)c1O. The number of aromatic hydroxyl groups is 1. The van der Waals surface area contributed by atoms with E-state index in [2.05, 4.69) is 23.7 Å². The lowest BCUT2D eigenvalue weighted by Gasteiger charge is -2.17. The third-order valence-corrected chi connectivity index (χ3v) is 4.57. The van der Waals surface area contributed by atoms with E-state index in [-0.39, 0.29) is 11.7 Å². The van der Waals surface area contributed by atoms with Crippen LogP contribution in [0.2, 0.25) is 0 Å². The smallest absolute Gasteiger partial charge is 0.146 e. The number of hydrogen-bond donors (Lipinski definition) is 1. The van der Waals surface area contributed by atoms with Gasteiger partial charge in [-0.2, -0.15) is 0 Å². The molecule has 0 aliphatic carbocycles. The van der Waals surface area contributed by atoms with Gasteiger partial charge >= 0.3 is 0 Å². The lowest BCUT2D eigenvalue weighted by atomic mass is 9.91. The largest absolute Gasteiger partial charge is 0.505 e. The van der Waals surface area contributed by atoms with Gasteiger partial charge < -0.3 is 5.11 Å².